The van der Waals surface area contributed by atoms with Crippen LogP contribution in [0.15, 0.2) is 36.5 Å². The molecule has 3 aromatic rings. The van der Waals surface area contributed by atoms with E-state index in [1.54, 1.807) is 0 Å². The molecule has 0 spiro atoms. The number of carbonyl (C=O) groups excluding carboxylic acids is 1. The topological polar surface area (TPSA) is 46.4 Å². The van der Waals surface area contributed by atoms with Crippen molar-refractivity contribution in [1.82, 2.24) is 14.7 Å². The van der Waals surface area contributed by atoms with Crippen LogP contribution in [0.3, 0.4) is 0 Å². The molecule has 26 heavy (non-hydrogen) atoms. The van der Waals surface area contributed by atoms with Crippen molar-refractivity contribution in [2.24, 2.45) is 0 Å². The van der Waals surface area contributed by atoms with Crippen molar-refractivity contribution in [3.8, 4) is 0 Å². The van der Waals surface area contributed by atoms with Gasteiger partial charge in [-0.3, -0.25) is 4.79 Å². The fraction of sp³-hybridized carbons (Fsp3) is 0.364. The molecule has 1 amide bonds. The molecule has 0 saturated carbocycles. The molecule has 4 heteroatoms. The zero-order valence-corrected chi connectivity index (χ0v) is 15.7. The van der Waals surface area contributed by atoms with Crippen LogP contribution in [0.2, 0.25) is 0 Å². The summed E-state index contributed by atoms with van der Waals surface area (Å²) in [6.07, 6.45) is 6.67. The molecule has 1 unspecified atom stereocenters. The predicted molar refractivity (Wildman–Crippen MR) is 104 cm³/mol. The maximum absolute atomic E-state index is 12.9. The third kappa shape index (κ3) is 2.90. The molecule has 1 atom stereocenters. The zero-order chi connectivity index (χ0) is 18.3. The highest BCUT2D eigenvalue weighted by atomic mass is 16.1. The quantitative estimate of drug-likeness (QED) is 0.767. The fourth-order valence-corrected chi connectivity index (χ4v) is 4.14. The van der Waals surface area contributed by atoms with E-state index in [1.807, 2.05) is 36.6 Å². The van der Waals surface area contributed by atoms with Crippen molar-refractivity contribution in [3.05, 3.63) is 70.2 Å². The highest BCUT2D eigenvalue weighted by Crippen LogP contribution is 2.28. The number of benzene rings is 1. The average Bonchev–Trinajstić information content (AvgIpc) is 3.05. The van der Waals surface area contributed by atoms with Gasteiger partial charge < -0.3 is 9.72 Å². The second-order valence-corrected chi connectivity index (χ2v) is 7.35. The molecular weight excluding hydrogens is 322 g/mol. The molecule has 0 fully saturated rings. The molecule has 2 heterocycles. The Morgan fingerprint density at radius 2 is 2.00 bits per heavy atom. The summed E-state index contributed by atoms with van der Waals surface area (Å²) in [6, 6.07) is 10.4. The van der Waals surface area contributed by atoms with Crippen LogP contribution in [0.5, 0.6) is 0 Å². The monoisotopic (exact) mass is 347 g/mol. The van der Waals surface area contributed by atoms with Crippen LogP contribution in [0.1, 0.15) is 64.2 Å². The molecule has 4 rings (SSSR count). The summed E-state index contributed by atoms with van der Waals surface area (Å²) in [4.78, 5) is 17.5. The van der Waals surface area contributed by atoms with Gasteiger partial charge in [0.2, 0.25) is 0 Å². The number of hydrogen-bond donors (Lipinski definition) is 1. The molecule has 1 aliphatic rings. The number of hydrogen-bond acceptors (Lipinski definition) is 2. The van der Waals surface area contributed by atoms with E-state index in [0.29, 0.717) is 5.56 Å². The Hall–Kier alpha value is -2.62. The lowest BCUT2D eigenvalue weighted by Crippen LogP contribution is -2.28. The van der Waals surface area contributed by atoms with E-state index >= 15 is 0 Å². The molecule has 0 aliphatic heterocycles. The van der Waals surface area contributed by atoms with Crippen LogP contribution in [0.25, 0.3) is 5.65 Å². The Morgan fingerprint density at radius 1 is 1.19 bits per heavy atom. The number of nitrogens with zero attached hydrogens (tertiary/aromatic N) is 2. The minimum Gasteiger partial charge on any atom is -0.345 e. The van der Waals surface area contributed by atoms with Crippen molar-refractivity contribution >= 4 is 11.6 Å². The summed E-state index contributed by atoms with van der Waals surface area (Å²) in [5, 5.41) is 3.19. The highest BCUT2D eigenvalue weighted by molar-refractivity contribution is 6.00. The van der Waals surface area contributed by atoms with E-state index in [0.717, 1.165) is 29.9 Å². The molecule has 4 nitrogen and oxygen atoms in total. The smallest absolute Gasteiger partial charge is 0.255 e. The summed E-state index contributed by atoms with van der Waals surface area (Å²) in [5.41, 5.74) is 7.48. The van der Waals surface area contributed by atoms with Crippen LogP contribution in [-0.2, 0) is 12.8 Å². The van der Waals surface area contributed by atoms with E-state index in [9.17, 15) is 4.79 Å². The second kappa shape index (κ2) is 6.60. The molecule has 0 bridgehead atoms. The lowest BCUT2D eigenvalue weighted by Gasteiger charge is -2.23. The van der Waals surface area contributed by atoms with Crippen LogP contribution in [0, 0.1) is 13.8 Å². The Morgan fingerprint density at radius 3 is 2.85 bits per heavy atom. The van der Waals surface area contributed by atoms with Crippen LogP contribution in [-0.4, -0.2) is 15.3 Å². The molecule has 0 radical (unpaired) electrons. The molecular formula is C22H25N3O. The summed E-state index contributed by atoms with van der Waals surface area (Å²) < 4.78 is 1.97. The predicted octanol–water partition coefficient (Wildman–Crippen LogP) is 4.32. The van der Waals surface area contributed by atoms with Gasteiger partial charge in [0.1, 0.15) is 5.65 Å². The lowest BCUT2D eigenvalue weighted by molar-refractivity contribution is 0.0941. The third-order valence-electron chi connectivity index (χ3n) is 5.43. The van der Waals surface area contributed by atoms with Gasteiger partial charge in [0.15, 0.2) is 0 Å². The number of nitrogens with one attached hydrogen (secondary N) is 1. The Bertz CT molecular complexity index is 986. The minimum atomic E-state index is -0.0640. The summed E-state index contributed by atoms with van der Waals surface area (Å²) in [6.45, 7) is 6.06. The highest BCUT2D eigenvalue weighted by Gasteiger charge is 2.20. The number of aryl methyl sites for hydroxylation is 3. The molecule has 1 N–H and O–H groups in total. The van der Waals surface area contributed by atoms with Crippen molar-refractivity contribution in [3.63, 3.8) is 0 Å². The first-order chi connectivity index (χ1) is 12.5. The van der Waals surface area contributed by atoms with Gasteiger partial charge in [-0.1, -0.05) is 18.2 Å². The Balaban J connectivity index is 1.63. The normalized spacial score (nSPS) is 14.9. The van der Waals surface area contributed by atoms with Gasteiger partial charge in [0.05, 0.1) is 11.6 Å². The van der Waals surface area contributed by atoms with E-state index in [1.165, 1.54) is 29.5 Å². The number of aromatic nitrogens is 2. The average molecular weight is 347 g/mol. The third-order valence-corrected chi connectivity index (χ3v) is 5.43. The van der Waals surface area contributed by atoms with Gasteiger partial charge in [0, 0.05) is 17.6 Å². The number of carbonyl (C=O) groups is 1. The van der Waals surface area contributed by atoms with Crippen molar-refractivity contribution in [2.45, 2.75) is 52.5 Å². The fourth-order valence-electron chi connectivity index (χ4n) is 4.14. The van der Waals surface area contributed by atoms with Crippen LogP contribution >= 0.6 is 0 Å². The maximum Gasteiger partial charge on any atom is 0.255 e. The zero-order valence-electron chi connectivity index (χ0n) is 15.7. The molecule has 2 aromatic heterocycles. The minimum absolute atomic E-state index is 0.0172. The first-order valence-electron chi connectivity index (χ1n) is 9.41. The first kappa shape index (κ1) is 16.8. The molecule has 1 aliphatic carbocycles. The van der Waals surface area contributed by atoms with Crippen molar-refractivity contribution in [2.75, 3.05) is 0 Å². The standard InChI is InChI=1S/C22H25N3O/c1-14-13-15(2)25-12-11-20(21(25)23-14)22(26)24-16(3)18-10-6-8-17-7-4-5-9-19(17)18/h6,8,10-13,16H,4-5,7,9H2,1-3H3,(H,24,26). The second-order valence-electron chi connectivity index (χ2n) is 7.35. The summed E-state index contributed by atoms with van der Waals surface area (Å²) in [5.74, 6) is -0.0640. The summed E-state index contributed by atoms with van der Waals surface area (Å²) in [7, 11) is 0. The molecule has 134 valence electrons. The summed E-state index contributed by atoms with van der Waals surface area (Å²) >= 11 is 0. The van der Waals surface area contributed by atoms with Crippen molar-refractivity contribution < 1.29 is 4.79 Å². The van der Waals surface area contributed by atoms with E-state index in [4.69, 9.17) is 0 Å². The van der Waals surface area contributed by atoms with E-state index in [2.05, 4.69) is 35.4 Å². The lowest BCUT2D eigenvalue weighted by atomic mass is 9.86. The van der Waals surface area contributed by atoms with E-state index in [-0.39, 0.29) is 11.9 Å². The van der Waals surface area contributed by atoms with Crippen LogP contribution in [0.4, 0.5) is 0 Å². The number of amides is 1. The van der Waals surface area contributed by atoms with Gasteiger partial charge >= 0.3 is 0 Å². The van der Waals surface area contributed by atoms with E-state index < -0.39 is 0 Å². The van der Waals surface area contributed by atoms with Gasteiger partial charge in [-0.2, -0.15) is 0 Å². The van der Waals surface area contributed by atoms with Gasteiger partial charge in [0.25, 0.3) is 5.91 Å². The van der Waals surface area contributed by atoms with Gasteiger partial charge in [-0.15, -0.1) is 0 Å². The van der Waals surface area contributed by atoms with Gasteiger partial charge in [-0.25, -0.2) is 4.98 Å². The number of fused-ring (bicyclic) bond motifs is 2. The van der Waals surface area contributed by atoms with Gasteiger partial charge in [-0.05, 0) is 75.3 Å². The molecule has 1 aromatic carbocycles. The Kier molecular flexibility index (Phi) is 4.27. The Labute approximate surface area is 154 Å². The first-order valence-corrected chi connectivity index (χ1v) is 9.41. The van der Waals surface area contributed by atoms with Crippen LogP contribution < -0.4 is 5.32 Å². The molecule has 0 saturated heterocycles. The number of rotatable bonds is 3. The SMILES string of the molecule is Cc1cc(C)n2ccc(C(=O)NC(C)c3cccc4c3CCCC4)c2n1. The van der Waals surface area contributed by atoms with Crippen molar-refractivity contribution in [1.29, 1.82) is 0 Å². The maximum atomic E-state index is 12.9. The largest absolute Gasteiger partial charge is 0.345 e.